The summed E-state index contributed by atoms with van der Waals surface area (Å²) >= 11 is 0. The fourth-order valence-electron chi connectivity index (χ4n) is 1.39. The number of aryl methyl sites for hydroxylation is 1. The van der Waals surface area contributed by atoms with Crippen LogP contribution >= 0.6 is 0 Å². The number of nitro groups is 1. The Morgan fingerprint density at radius 2 is 2.20 bits per heavy atom. The second kappa shape index (κ2) is 4.89. The average Bonchev–Trinajstić information content (AvgIpc) is 2.27. The molecule has 0 spiro atoms. The Kier molecular flexibility index (Phi) is 3.80. The second-order valence-electron chi connectivity index (χ2n) is 3.39. The first-order chi connectivity index (χ1) is 7.10. The Labute approximate surface area is 88.7 Å². The number of hydrogen-bond donors (Lipinski definition) is 1. The Hall–Kier alpha value is -1.42. The van der Waals surface area contributed by atoms with Crippen LogP contribution in [0.5, 0.6) is 0 Å². The van der Waals surface area contributed by atoms with Crippen LogP contribution in [0.2, 0.25) is 0 Å². The number of hydrogen-bond acceptors (Lipinski definition) is 3. The van der Waals surface area contributed by atoms with Gasteiger partial charge in [-0.15, -0.1) is 0 Å². The van der Waals surface area contributed by atoms with Crippen LogP contribution < -0.4 is 0 Å². The first kappa shape index (κ1) is 11.7. The maximum absolute atomic E-state index is 10.8. The maximum atomic E-state index is 10.8. The Morgan fingerprint density at radius 1 is 1.53 bits per heavy atom. The van der Waals surface area contributed by atoms with Gasteiger partial charge >= 0.3 is 0 Å². The number of aliphatic hydroxyl groups excluding tert-OH is 1. The van der Waals surface area contributed by atoms with E-state index >= 15 is 0 Å². The highest BCUT2D eigenvalue weighted by Gasteiger charge is 2.15. The van der Waals surface area contributed by atoms with E-state index in [1.54, 1.807) is 19.1 Å². The van der Waals surface area contributed by atoms with E-state index in [9.17, 15) is 10.1 Å². The zero-order valence-corrected chi connectivity index (χ0v) is 8.86. The van der Waals surface area contributed by atoms with E-state index in [0.717, 1.165) is 17.0 Å². The van der Waals surface area contributed by atoms with Gasteiger partial charge in [0.1, 0.15) is 0 Å². The zero-order chi connectivity index (χ0) is 11.4. The molecule has 1 N–H and O–H groups in total. The predicted octanol–water partition coefficient (Wildman–Crippen LogP) is 2.09. The zero-order valence-electron chi connectivity index (χ0n) is 8.86. The van der Waals surface area contributed by atoms with E-state index in [4.69, 9.17) is 5.11 Å². The molecule has 0 fully saturated rings. The van der Waals surface area contributed by atoms with E-state index < -0.39 is 0 Å². The van der Waals surface area contributed by atoms with Crippen LogP contribution in [0.1, 0.15) is 25.0 Å². The van der Waals surface area contributed by atoms with Crippen molar-refractivity contribution in [1.29, 1.82) is 0 Å². The average molecular weight is 208 g/mol. The van der Waals surface area contributed by atoms with Gasteiger partial charge in [-0.2, -0.15) is 0 Å². The summed E-state index contributed by atoms with van der Waals surface area (Å²) in [6.45, 7) is 3.55. The number of rotatable bonds is 4. The van der Waals surface area contributed by atoms with Crippen molar-refractivity contribution < 1.29 is 10.0 Å². The third kappa shape index (κ3) is 2.53. The van der Waals surface area contributed by atoms with Crippen LogP contribution in [-0.4, -0.2) is 16.6 Å². The third-order valence-electron chi connectivity index (χ3n) is 2.39. The molecule has 0 amide bonds. The Bertz CT molecular complexity index is 363. The Morgan fingerprint density at radius 3 is 2.67 bits per heavy atom. The molecule has 15 heavy (non-hydrogen) atoms. The molecule has 0 bridgehead atoms. The highest BCUT2D eigenvalue weighted by atomic mass is 16.6. The van der Waals surface area contributed by atoms with Gasteiger partial charge in [-0.25, -0.2) is 0 Å². The number of aliphatic hydroxyl groups is 1. The van der Waals surface area contributed by atoms with Gasteiger partial charge in [-0.3, -0.25) is 10.1 Å². The minimum atomic E-state index is -0.382. The molecule has 0 aliphatic carbocycles. The predicted molar refractivity (Wildman–Crippen MR) is 57.6 cm³/mol. The van der Waals surface area contributed by atoms with Crippen molar-refractivity contribution in [3.63, 3.8) is 0 Å². The second-order valence-corrected chi connectivity index (χ2v) is 3.39. The molecule has 0 heterocycles. The lowest BCUT2D eigenvalue weighted by atomic mass is 9.98. The topological polar surface area (TPSA) is 63.4 Å². The number of nitro benzene ring substituents is 1. The standard InChI is InChI=1S/C11H14NO3/c1-3-9-4-5-10(8(2)7-13)6-11(9)12(14)15/h4-6,13H,3,7H2,1-2H3. The monoisotopic (exact) mass is 208 g/mol. The third-order valence-corrected chi connectivity index (χ3v) is 2.39. The smallest absolute Gasteiger partial charge is 0.272 e. The van der Waals surface area contributed by atoms with Crippen molar-refractivity contribution in [2.24, 2.45) is 0 Å². The lowest BCUT2D eigenvalue weighted by Crippen LogP contribution is -2.02. The first-order valence-corrected chi connectivity index (χ1v) is 4.81. The van der Waals surface area contributed by atoms with E-state index in [2.05, 4.69) is 0 Å². The summed E-state index contributed by atoms with van der Waals surface area (Å²) in [5, 5.41) is 19.7. The largest absolute Gasteiger partial charge is 0.395 e. The van der Waals surface area contributed by atoms with E-state index in [0.29, 0.717) is 6.42 Å². The first-order valence-electron chi connectivity index (χ1n) is 4.81. The molecule has 0 unspecified atom stereocenters. The number of benzene rings is 1. The fraction of sp³-hybridized carbons (Fsp3) is 0.364. The van der Waals surface area contributed by atoms with Gasteiger partial charge in [0.2, 0.25) is 0 Å². The van der Waals surface area contributed by atoms with E-state index in [1.807, 2.05) is 6.92 Å². The quantitative estimate of drug-likeness (QED) is 0.608. The van der Waals surface area contributed by atoms with Crippen molar-refractivity contribution >= 4 is 5.69 Å². The molecule has 1 aromatic carbocycles. The molecule has 0 saturated carbocycles. The fourth-order valence-corrected chi connectivity index (χ4v) is 1.39. The molecule has 1 rings (SSSR count). The van der Waals surface area contributed by atoms with Gasteiger partial charge in [0.15, 0.2) is 0 Å². The summed E-state index contributed by atoms with van der Waals surface area (Å²) in [7, 11) is 0. The van der Waals surface area contributed by atoms with Crippen LogP contribution in [0.15, 0.2) is 18.2 Å². The molecule has 0 aliphatic rings. The lowest BCUT2D eigenvalue weighted by Gasteiger charge is -2.08. The molecular formula is C11H14NO3. The summed E-state index contributed by atoms with van der Waals surface area (Å²) in [4.78, 5) is 10.4. The van der Waals surface area contributed by atoms with Crippen LogP contribution in [0, 0.1) is 16.0 Å². The van der Waals surface area contributed by atoms with Crippen molar-refractivity contribution in [2.45, 2.75) is 20.3 Å². The SMILES string of the molecule is CCc1ccc([C](C)CO)cc1[N+](=O)[O-]. The normalized spacial score (nSPS) is 10.7. The molecule has 81 valence electrons. The molecule has 0 saturated heterocycles. The highest BCUT2D eigenvalue weighted by molar-refractivity contribution is 5.47. The van der Waals surface area contributed by atoms with Gasteiger partial charge in [-0.05, 0) is 12.0 Å². The summed E-state index contributed by atoms with van der Waals surface area (Å²) in [6, 6.07) is 5.06. The molecule has 0 aromatic heterocycles. The minimum Gasteiger partial charge on any atom is -0.395 e. The van der Waals surface area contributed by atoms with E-state index in [1.165, 1.54) is 6.07 Å². The van der Waals surface area contributed by atoms with Crippen LogP contribution in [0.25, 0.3) is 0 Å². The van der Waals surface area contributed by atoms with Crippen molar-refractivity contribution in [2.75, 3.05) is 6.61 Å². The molecular weight excluding hydrogens is 194 g/mol. The van der Waals surface area contributed by atoms with Crippen molar-refractivity contribution in [3.05, 3.63) is 45.4 Å². The van der Waals surface area contributed by atoms with Crippen LogP contribution in [0.3, 0.4) is 0 Å². The maximum Gasteiger partial charge on any atom is 0.272 e. The molecule has 1 radical (unpaired) electrons. The number of nitrogens with zero attached hydrogens (tertiary/aromatic N) is 1. The van der Waals surface area contributed by atoms with Crippen LogP contribution in [0.4, 0.5) is 5.69 Å². The van der Waals surface area contributed by atoms with Crippen molar-refractivity contribution in [3.8, 4) is 0 Å². The molecule has 4 heteroatoms. The summed E-state index contributed by atoms with van der Waals surface area (Å²) in [6.07, 6.45) is 0.634. The van der Waals surface area contributed by atoms with E-state index in [-0.39, 0.29) is 17.2 Å². The molecule has 1 aromatic rings. The summed E-state index contributed by atoms with van der Waals surface area (Å²) in [5.74, 6) is 0.737. The molecule has 0 aliphatic heterocycles. The summed E-state index contributed by atoms with van der Waals surface area (Å²) < 4.78 is 0. The highest BCUT2D eigenvalue weighted by Crippen LogP contribution is 2.24. The molecule has 0 atom stereocenters. The van der Waals surface area contributed by atoms with Gasteiger partial charge in [0.25, 0.3) is 5.69 Å². The van der Waals surface area contributed by atoms with Gasteiger partial charge in [0, 0.05) is 17.5 Å². The minimum absolute atomic E-state index is 0.0807. The van der Waals surface area contributed by atoms with Gasteiger partial charge < -0.3 is 5.11 Å². The van der Waals surface area contributed by atoms with Crippen molar-refractivity contribution in [1.82, 2.24) is 0 Å². The lowest BCUT2D eigenvalue weighted by molar-refractivity contribution is -0.385. The molecule has 4 nitrogen and oxygen atoms in total. The Balaban J connectivity index is 3.16. The van der Waals surface area contributed by atoms with Gasteiger partial charge in [-0.1, -0.05) is 26.0 Å². The van der Waals surface area contributed by atoms with Gasteiger partial charge in [0.05, 0.1) is 11.5 Å². The summed E-state index contributed by atoms with van der Waals surface area (Å²) in [5.41, 5.74) is 1.57. The van der Waals surface area contributed by atoms with Crippen LogP contribution in [-0.2, 0) is 6.42 Å².